The largest absolute Gasteiger partial charge is 0.507 e. The minimum atomic E-state index is -0.329. The first-order valence-corrected chi connectivity index (χ1v) is 5.30. The van der Waals surface area contributed by atoms with E-state index in [1.54, 1.807) is 0 Å². The van der Waals surface area contributed by atoms with E-state index in [4.69, 9.17) is 0 Å². The van der Waals surface area contributed by atoms with Crippen LogP contribution in [0.1, 0.15) is 29.8 Å². The predicted octanol–water partition coefficient (Wildman–Crippen LogP) is 2.98. The van der Waals surface area contributed by atoms with Crippen molar-refractivity contribution in [1.82, 2.24) is 0 Å². The van der Waals surface area contributed by atoms with Crippen LogP contribution in [0.4, 0.5) is 0 Å². The van der Waals surface area contributed by atoms with Crippen LogP contribution in [0.25, 0.3) is 0 Å². The lowest BCUT2D eigenvalue weighted by Crippen LogP contribution is -1.95. The predicted molar refractivity (Wildman–Crippen MR) is 67.4 cm³/mol. The molecule has 1 rings (SSSR count). The molecule has 0 spiro atoms. The average Bonchev–Trinajstić information content (AvgIpc) is 2.26. The smallest absolute Gasteiger partial charge is 0.185 e. The van der Waals surface area contributed by atoms with Gasteiger partial charge in [0.05, 0.1) is 0 Å². The molecule has 0 fully saturated rings. The highest BCUT2D eigenvalue weighted by Gasteiger charge is 2.11. The quantitative estimate of drug-likeness (QED) is 0.476. The lowest BCUT2D eigenvalue weighted by atomic mass is 10.0. The maximum atomic E-state index is 11.3. The van der Waals surface area contributed by atoms with Crippen LogP contribution in [0, 0.1) is 0 Å². The van der Waals surface area contributed by atoms with Crippen LogP contribution in [-0.2, 0) is 6.42 Å². The van der Waals surface area contributed by atoms with E-state index in [1.165, 1.54) is 12.1 Å². The van der Waals surface area contributed by atoms with Crippen LogP contribution >= 0.6 is 0 Å². The van der Waals surface area contributed by atoms with Crippen molar-refractivity contribution in [2.24, 2.45) is 0 Å². The summed E-state index contributed by atoms with van der Waals surface area (Å²) in [5.74, 6) is -0.482. The van der Waals surface area contributed by atoms with Crippen molar-refractivity contribution in [3.05, 3.63) is 47.6 Å². The average molecular weight is 232 g/mol. The number of rotatable bonds is 4. The van der Waals surface area contributed by atoms with Gasteiger partial charge in [-0.15, -0.1) is 0 Å². The number of allylic oxidation sites excluding steroid dienone is 3. The Labute approximate surface area is 101 Å². The second kappa shape index (κ2) is 5.34. The van der Waals surface area contributed by atoms with Gasteiger partial charge in [0.2, 0.25) is 0 Å². The highest BCUT2D eigenvalue weighted by atomic mass is 16.3. The zero-order chi connectivity index (χ0) is 13.0. The number of carbonyl (C=O) groups is 1. The van der Waals surface area contributed by atoms with Crippen molar-refractivity contribution < 1.29 is 15.0 Å². The van der Waals surface area contributed by atoms with Crippen molar-refractivity contribution in [2.45, 2.75) is 20.3 Å². The summed E-state index contributed by atoms with van der Waals surface area (Å²) in [7, 11) is 0. The number of phenols is 2. The Hall–Kier alpha value is -2.03. The standard InChI is InChI=1S/C14H16O3/c1-4-12(15)10-7-13(16)11(14(17)8-10)6-5-9(2)3/h4-5,7-8,16-17H,1,6H2,2-3H3. The Bertz CT molecular complexity index is 457. The van der Waals surface area contributed by atoms with Gasteiger partial charge in [0.1, 0.15) is 11.5 Å². The zero-order valence-corrected chi connectivity index (χ0v) is 10.0. The van der Waals surface area contributed by atoms with Gasteiger partial charge in [-0.2, -0.15) is 0 Å². The van der Waals surface area contributed by atoms with Crippen molar-refractivity contribution in [2.75, 3.05) is 0 Å². The number of ketones is 1. The third kappa shape index (κ3) is 3.21. The van der Waals surface area contributed by atoms with Crippen LogP contribution in [0.5, 0.6) is 11.5 Å². The third-order valence-corrected chi connectivity index (χ3v) is 2.39. The Balaban J connectivity index is 3.15. The first-order chi connectivity index (χ1) is 7.95. The lowest BCUT2D eigenvalue weighted by molar-refractivity contribution is 0.104. The van der Waals surface area contributed by atoms with Crippen molar-refractivity contribution in [1.29, 1.82) is 0 Å². The Morgan fingerprint density at radius 2 is 1.82 bits per heavy atom. The van der Waals surface area contributed by atoms with E-state index in [9.17, 15) is 15.0 Å². The van der Waals surface area contributed by atoms with Crippen molar-refractivity contribution in [3.63, 3.8) is 0 Å². The van der Waals surface area contributed by atoms with Crippen LogP contribution in [0.15, 0.2) is 36.4 Å². The van der Waals surface area contributed by atoms with E-state index in [1.807, 2.05) is 19.9 Å². The van der Waals surface area contributed by atoms with Gasteiger partial charge in [0.25, 0.3) is 0 Å². The molecule has 0 saturated heterocycles. The fourth-order valence-corrected chi connectivity index (χ4v) is 1.42. The number of carbonyl (C=O) groups excluding carboxylic acids is 1. The molecule has 1 aromatic rings. The fourth-order valence-electron chi connectivity index (χ4n) is 1.42. The van der Waals surface area contributed by atoms with Crippen LogP contribution in [0.3, 0.4) is 0 Å². The van der Waals surface area contributed by atoms with E-state index in [-0.39, 0.29) is 22.8 Å². The zero-order valence-electron chi connectivity index (χ0n) is 10.0. The molecule has 0 aliphatic carbocycles. The first kappa shape index (κ1) is 13.0. The number of aromatic hydroxyl groups is 2. The van der Waals surface area contributed by atoms with Gasteiger partial charge < -0.3 is 10.2 Å². The van der Waals surface area contributed by atoms with Gasteiger partial charge in [0, 0.05) is 11.1 Å². The maximum Gasteiger partial charge on any atom is 0.185 e. The molecule has 3 nitrogen and oxygen atoms in total. The molecule has 0 unspecified atom stereocenters. The van der Waals surface area contributed by atoms with Gasteiger partial charge in [-0.05, 0) is 38.5 Å². The summed E-state index contributed by atoms with van der Waals surface area (Å²) in [5, 5.41) is 19.5. The summed E-state index contributed by atoms with van der Waals surface area (Å²) in [5.41, 5.74) is 1.75. The Morgan fingerprint density at radius 1 is 1.29 bits per heavy atom. The number of hydrogen-bond donors (Lipinski definition) is 2. The molecule has 0 heterocycles. The summed E-state index contributed by atoms with van der Waals surface area (Å²) in [6.07, 6.45) is 3.47. The van der Waals surface area contributed by atoms with E-state index in [2.05, 4.69) is 6.58 Å². The van der Waals surface area contributed by atoms with Crippen LogP contribution in [-0.4, -0.2) is 16.0 Å². The molecule has 90 valence electrons. The molecule has 0 aliphatic heterocycles. The molecule has 3 heteroatoms. The maximum absolute atomic E-state index is 11.3. The van der Waals surface area contributed by atoms with Crippen LogP contribution < -0.4 is 0 Å². The molecule has 0 radical (unpaired) electrons. The number of phenolic OH excluding ortho intramolecular Hbond substituents is 2. The fraction of sp³-hybridized carbons (Fsp3) is 0.214. The van der Waals surface area contributed by atoms with Gasteiger partial charge in [-0.1, -0.05) is 18.2 Å². The summed E-state index contributed by atoms with van der Waals surface area (Å²) in [4.78, 5) is 11.3. The van der Waals surface area contributed by atoms with Crippen molar-refractivity contribution in [3.8, 4) is 11.5 Å². The second-order valence-corrected chi connectivity index (χ2v) is 4.05. The summed E-state index contributed by atoms with van der Waals surface area (Å²) in [6.45, 7) is 7.22. The van der Waals surface area contributed by atoms with Gasteiger partial charge >= 0.3 is 0 Å². The number of benzene rings is 1. The number of hydrogen-bond acceptors (Lipinski definition) is 3. The molecule has 0 aromatic heterocycles. The molecule has 0 atom stereocenters. The normalized spacial score (nSPS) is 9.76. The summed E-state index contributed by atoms with van der Waals surface area (Å²) < 4.78 is 0. The van der Waals surface area contributed by atoms with Gasteiger partial charge in [-0.3, -0.25) is 4.79 Å². The van der Waals surface area contributed by atoms with E-state index < -0.39 is 0 Å². The molecule has 0 saturated carbocycles. The molecule has 2 N–H and O–H groups in total. The highest BCUT2D eigenvalue weighted by Crippen LogP contribution is 2.30. The SMILES string of the molecule is C=CC(=O)c1cc(O)c(CC=C(C)C)c(O)c1. The van der Waals surface area contributed by atoms with E-state index in [0.717, 1.165) is 11.6 Å². The highest BCUT2D eigenvalue weighted by molar-refractivity contribution is 6.04. The van der Waals surface area contributed by atoms with Gasteiger partial charge in [0.15, 0.2) is 5.78 Å². The van der Waals surface area contributed by atoms with Crippen molar-refractivity contribution >= 4 is 5.78 Å². The Kier molecular flexibility index (Phi) is 4.10. The molecule has 0 amide bonds. The summed E-state index contributed by atoms with van der Waals surface area (Å²) >= 11 is 0. The topological polar surface area (TPSA) is 57.5 Å². The molecule has 1 aromatic carbocycles. The molecule has 0 aliphatic rings. The minimum absolute atomic E-state index is 0.0762. The van der Waals surface area contributed by atoms with E-state index >= 15 is 0 Å². The molecular weight excluding hydrogens is 216 g/mol. The van der Waals surface area contributed by atoms with Crippen LogP contribution in [0.2, 0.25) is 0 Å². The van der Waals surface area contributed by atoms with Gasteiger partial charge in [-0.25, -0.2) is 0 Å². The second-order valence-electron chi connectivity index (χ2n) is 4.05. The molecule has 17 heavy (non-hydrogen) atoms. The molecular formula is C14H16O3. The minimum Gasteiger partial charge on any atom is -0.507 e. The first-order valence-electron chi connectivity index (χ1n) is 5.30. The Morgan fingerprint density at radius 3 is 2.24 bits per heavy atom. The molecule has 0 bridgehead atoms. The monoisotopic (exact) mass is 232 g/mol. The summed E-state index contributed by atoms with van der Waals surface area (Å²) in [6, 6.07) is 2.69. The lowest BCUT2D eigenvalue weighted by Gasteiger charge is -2.07. The van der Waals surface area contributed by atoms with E-state index in [0.29, 0.717) is 12.0 Å². The third-order valence-electron chi connectivity index (χ3n) is 2.39.